The van der Waals surface area contributed by atoms with Gasteiger partial charge in [0, 0.05) is 5.69 Å². The van der Waals surface area contributed by atoms with Crippen LogP contribution in [0.5, 0.6) is 5.75 Å². The van der Waals surface area contributed by atoms with E-state index in [1.807, 2.05) is 43.3 Å². The van der Waals surface area contributed by atoms with E-state index in [2.05, 4.69) is 4.90 Å². The van der Waals surface area contributed by atoms with Crippen LogP contribution in [-0.2, 0) is 9.59 Å². The van der Waals surface area contributed by atoms with Crippen LogP contribution in [0.15, 0.2) is 48.5 Å². The van der Waals surface area contributed by atoms with Crippen molar-refractivity contribution in [2.45, 2.75) is 19.4 Å². The van der Waals surface area contributed by atoms with Gasteiger partial charge in [0.15, 0.2) is 6.04 Å². The second-order valence-electron chi connectivity index (χ2n) is 7.27. The molecule has 2 aromatic rings. The lowest BCUT2D eigenvalue weighted by molar-refractivity contribution is -0.915. The highest BCUT2D eigenvalue weighted by atomic mass is 16.3. The molecular weight excluding hydrogens is 342 g/mol. The summed E-state index contributed by atoms with van der Waals surface area (Å²) in [6, 6.07) is 14.4. The smallest absolute Gasteiger partial charge is 0.292 e. The number of nitrogens with zero attached hydrogens (tertiary/aromatic N) is 2. The van der Waals surface area contributed by atoms with Gasteiger partial charge in [0.1, 0.15) is 5.75 Å². The number of benzene rings is 2. The number of quaternary nitrogens is 1. The molecule has 2 N–H and O–H groups in total. The van der Waals surface area contributed by atoms with E-state index >= 15 is 0 Å². The molecule has 27 heavy (non-hydrogen) atoms. The van der Waals surface area contributed by atoms with E-state index in [1.165, 1.54) is 9.80 Å². The lowest BCUT2D eigenvalue weighted by Gasteiger charge is -2.35. The molecule has 0 aliphatic carbocycles. The number of imide groups is 1. The number of carbonyl (C=O) groups excluding carboxylic acids is 2. The third-order valence-electron chi connectivity index (χ3n) is 5.62. The maximum atomic E-state index is 13.0. The van der Waals surface area contributed by atoms with E-state index in [1.54, 1.807) is 12.1 Å². The number of hydrogen-bond donors (Lipinski definition) is 2. The van der Waals surface area contributed by atoms with Crippen molar-refractivity contribution in [3.8, 4) is 5.75 Å². The minimum Gasteiger partial charge on any atom is -0.508 e. The fourth-order valence-electron chi connectivity index (χ4n) is 4.08. The molecule has 0 aromatic heterocycles. The molecule has 0 radical (unpaired) electrons. The van der Waals surface area contributed by atoms with Crippen LogP contribution in [0.25, 0.3) is 0 Å². The Morgan fingerprint density at radius 1 is 1.00 bits per heavy atom. The van der Waals surface area contributed by atoms with E-state index < -0.39 is 0 Å². The number of amides is 2. The Morgan fingerprint density at radius 2 is 1.67 bits per heavy atom. The number of rotatable bonds is 3. The summed E-state index contributed by atoms with van der Waals surface area (Å²) in [5.41, 5.74) is 2.71. The quantitative estimate of drug-likeness (QED) is 0.787. The second kappa shape index (κ2) is 7.04. The number of carbonyl (C=O) groups is 2. The number of hydrogen-bond acceptors (Lipinski definition) is 4. The number of anilines is 2. The Kier molecular flexibility index (Phi) is 4.58. The SMILES string of the molecule is Cc1ccccc1N1C(=O)C[C@@H]([NH+]2CCN(c3ccc(O)cc3)CC2)C1=O. The van der Waals surface area contributed by atoms with Crippen molar-refractivity contribution in [3.05, 3.63) is 54.1 Å². The second-order valence-corrected chi connectivity index (χ2v) is 7.27. The van der Waals surface area contributed by atoms with Crippen LogP contribution in [0.3, 0.4) is 0 Å². The summed E-state index contributed by atoms with van der Waals surface area (Å²) in [6.07, 6.45) is 0.279. The van der Waals surface area contributed by atoms with Crippen molar-refractivity contribution in [1.82, 2.24) is 0 Å². The van der Waals surface area contributed by atoms with E-state index in [0.29, 0.717) is 5.69 Å². The molecule has 0 saturated carbocycles. The Bertz CT molecular complexity index is 857. The highest BCUT2D eigenvalue weighted by Gasteiger charge is 2.46. The Balaban J connectivity index is 1.45. The van der Waals surface area contributed by atoms with E-state index in [9.17, 15) is 14.7 Å². The molecule has 2 heterocycles. The normalized spacial score (nSPS) is 21.1. The van der Waals surface area contributed by atoms with Gasteiger partial charge in [-0.05, 0) is 42.8 Å². The summed E-state index contributed by atoms with van der Waals surface area (Å²) in [4.78, 5) is 30.4. The third-order valence-corrected chi connectivity index (χ3v) is 5.62. The van der Waals surface area contributed by atoms with Crippen molar-refractivity contribution >= 4 is 23.2 Å². The van der Waals surface area contributed by atoms with E-state index in [4.69, 9.17) is 0 Å². The predicted molar refractivity (Wildman–Crippen MR) is 103 cm³/mol. The minimum absolute atomic E-state index is 0.0811. The number of aryl methyl sites for hydroxylation is 1. The first-order valence-corrected chi connectivity index (χ1v) is 9.35. The van der Waals surface area contributed by atoms with Gasteiger partial charge < -0.3 is 14.9 Å². The molecule has 2 aromatic carbocycles. The van der Waals surface area contributed by atoms with Gasteiger partial charge in [-0.2, -0.15) is 0 Å². The highest BCUT2D eigenvalue weighted by molar-refractivity contribution is 6.22. The monoisotopic (exact) mass is 366 g/mol. The molecule has 2 fully saturated rings. The van der Waals surface area contributed by atoms with Crippen molar-refractivity contribution < 1.29 is 19.6 Å². The zero-order valence-electron chi connectivity index (χ0n) is 15.4. The number of phenols is 1. The molecule has 2 amide bonds. The van der Waals surface area contributed by atoms with Crippen molar-refractivity contribution in [2.24, 2.45) is 0 Å². The van der Waals surface area contributed by atoms with Gasteiger partial charge in [-0.3, -0.25) is 9.59 Å². The number of aromatic hydroxyl groups is 1. The van der Waals surface area contributed by atoms with Crippen LogP contribution in [0.1, 0.15) is 12.0 Å². The third kappa shape index (κ3) is 3.28. The lowest BCUT2D eigenvalue weighted by atomic mass is 10.1. The molecule has 6 heteroatoms. The topological polar surface area (TPSA) is 65.3 Å². The summed E-state index contributed by atoms with van der Waals surface area (Å²) >= 11 is 0. The number of piperazine rings is 1. The van der Waals surface area contributed by atoms with E-state index in [-0.39, 0.29) is 30.0 Å². The standard InChI is InChI=1S/C21H23N3O3/c1-15-4-2-3-5-18(15)24-20(26)14-19(21(24)27)23-12-10-22(11-13-23)16-6-8-17(25)9-7-16/h2-9,19,25H,10-14H2,1H3/p+1/t19-/m1/s1. The molecule has 0 unspecified atom stereocenters. The lowest BCUT2D eigenvalue weighted by Crippen LogP contribution is -3.19. The molecule has 0 spiro atoms. The summed E-state index contributed by atoms with van der Waals surface area (Å²) in [7, 11) is 0. The fraction of sp³-hybridized carbons (Fsp3) is 0.333. The highest BCUT2D eigenvalue weighted by Crippen LogP contribution is 2.25. The maximum absolute atomic E-state index is 13.0. The van der Waals surface area contributed by atoms with Crippen molar-refractivity contribution in [2.75, 3.05) is 36.0 Å². The fourth-order valence-corrected chi connectivity index (χ4v) is 4.08. The molecule has 6 nitrogen and oxygen atoms in total. The van der Waals surface area contributed by atoms with Crippen LogP contribution in [0, 0.1) is 6.92 Å². The van der Waals surface area contributed by atoms with Gasteiger partial charge in [-0.15, -0.1) is 0 Å². The molecule has 2 saturated heterocycles. The average molecular weight is 366 g/mol. The summed E-state index contributed by atoms with van der Waals surface area (Å²) in [5, 5.41) is 9.44. The van der Waals surface area contributed by atoms with Gasteiger partial charge in [-0.1, -0.05) is 18.2 Å². The van der Waals surface area contributed by atoms with E-state index in [0.717, 1.165) is 37.4 Å². The first kappa shape index (κ1) is 17.5. The first-order valence-electron chi connectivity index (χ1n) is 9.35. The molecule has 2 aliphatic rings. The Labute approximate surface area is 158 Å². The number of para-hydroxylation sites is 1. The van der Waals surface area contributed by atoms with Gasteiger partial charge in [0.25, 0.3) is 5.91 Å². The summed E-state index contributed by atoms with van der Waals surface area (Å²) in [6.45, 7) is 5.19. The summed E-state index contributed by atoms with van der Waals surface area (Å²) in [5.74, 6) is 0.0736. The van der Waals surface area contributed by atoms with Crippen LogP contribution >= 0.6 is 0 Å². The largest absolute Gasteiger partial charge is 0.508 e. The summed E-state index contributed by atoms with van der Waals surface area (Å²) < 4.78 is 0. The maximum Gasteiger partial charge on any atom is 0.292 e. The van der Waals surface area contributed by atoms with Crippen molar-refractivity contribution in [3.63, 3.8) is 0 Å². The number of nitrogens with one attached hydrogen (secondary N) is 1. The van der Waals surface area contributed by atoms with Crippen LogP contribution in [0.2, 0.25) is 0 Å². The Hall–Kier alpha value is -2.86. The van der Waals surface area contributed by atoms with Crippen LogP contribution in [-0.4, -0.2) is 49.1 Å². The number of phenolic OH excluding ortho intramolecular Hbond substituents is 1. The first-order chi connectivity index (χ1) is 13.0. The zero-order chi connectivity index (χ0) is 19.0. The van der Waals surface area contributed by atoms with Gasteiger partial charge in [-0.25, -0.2) is 4.90 Å². The predicted octanol–water partition coefficient (Wildman–Crippen LogP) is 0.738. The van der Waals surface area contributed by atoms with Crippen LogP contribution < -0.4 is 14.7 Å². The molecule has 140 valence electrons. The van der Waals surface area contributed by atoms with Gasteiger partial charge in [0.05, 0.1) is 38.3 Å². The molecular formula is C21H24N3O3+. The van der Waals surface area contributed by atoms with Gasteiger partial charge in [0.2, 0.25) is 5.91 Å². The van der Waals surface area contributed by atoms with Gasteiger partial charge >= 0.3 is 0 Å². The minimum atomic E-state index is -0.293. The average Bonchev–Trinajstić information content (AvgIpc) is 2.97. The molecule has 4 rings (SSSR count). The molecule has 1 atom stereocenters. The molecule has 2 aliphatic heterocycles. The van der Waals surface area contributed by atoms with Crippen molar-refractivity contribution in [1.29, 1.82) is 0 Å². The zero-order valence-corrected chi connectivity index (χ0v) is 15.4. The molecule has 0 bridgehead atoms. The Morgan fingerprint density at radius 3 is 2.33 bits per heavy atom. The van der Waals surface area contributed by atoms with Crippen LogP contribution in [0.4, 0.5) is 11.4 Å².